The van der Waals surface area contributed by atoms with Gasteiger partial charge >= 0.3 is 0 Å². The summed E-state index contributed by atoms with van der Waals surface area (Å²) < 4.78 is 21.8. The second-order valence-corrected chi connectivity index (χ2v) is 1.88. The van der Waals surface area contributed by atoms with Gasteiger partial charge in [-0.25, -0.2) is 0 Å². The van der Waals surface area contributed by atoms with Gasteiger partial charge in [-0.15, -0.1) is 0 Å². The Morgan fingerprint density at radius 1 is 2.00 bits per heavy atom. The first-order valence-electron chi connectivity index (χ1n) is 4.29. The number of rotatable bonds is 3. The average Bonchev–Trinajstić information content (AvgIpc) is 1.86. The maximum Gasteiger partial charge on any atom is 0.0477 e. The third-order valence-electron chi connectivity index (χ3n) is 1.03. The van der Waals surface area contributed by atoms with Crippen molar-refractivity contribution in [1.82, 2.24) is 10.2 Å². The molecule has 1 unspecified atom stereocenters. The van der Waals surface area contributed by atoms with E-state index in [2.05, 4.69) is 5.32 Å². The van der Waals surface area contributed by atoms with E-state index in [9.17, 15) is 0 Å². The fourth-order valence-corrected chi connectivity index (χ4v) is 0.381. The Bertz CT molecular complexity index is 116. The van der Waals surface area contributed by atoms with Gasteiger partial charge in [0.2, 0.25) is 0 Å². The van der Waals surface area contributed by atoms with E-state index in [1.807, 2.05) is 0 Å². The van der Waals surface area contributed by atoms with Crippen molar-refractivity contribution in [2.24, 2.45) is 0 Å². The highest BCUT2D eigenvalue weighted by Crippen LogP contribution is 1.86. The van der Waals surface area contributed by atoms with Crippen molar-refractivity contribution in [3.05, 3.63) is 0 Å². The molecule has 0 fully saturated rings. The van der Waals surface area contributed by atoms with Crippen LogP contribution in [-0.2, 0) is 0 Å². The van der Waals surface area contributed by atoms with Crippen LogP contribution in [0.2, 0.25) is 0 Å². The van der Waals surface area contributed by atoms with Crippen LogP contribution in [-0.4, -0.2) is 38.6 Å². The number of nitrogens with zero attached hydrogens (tertiary/aromatic N) is 1. The molecular formula is C6H16N2. The summed E-state index contributed by atoms with van der Waals surface area (Å²) in [5.74, 6) is 0. The van der Waals surface area contributed by atoms with E-state index in [1.54, 1.807) is 21.0 Å². The lowest BCUT2D eigenvalue weighted by Gasteiger charge is -2.18. The highest BCUT2D eigenvalue weighted by atomic mass is 15.1. The maximum absolute atomic E-state index is 7.69. The zero-order chi connectivity index (χ0) is 9.07. The third kappa shape index (κ3) is 2.99. The van der Waals surface area contributed by atoms with Crippen LogP contribution < -0.4 is 5.32 Å². The molecule has 0 saturated heterocycles. The van der Waals surface area contributed by atoms with Crippen molar-refractivity contribution in [3.63, 3.8) is 0 Å². The number of hydrogen-bond acceptors (Lipinski definition) is 2. The van der Waals surface area contributed by atoms with E-state index in [0.717, 1.165) is 0 Å². The Morgan fingerprint density at radius 3 is 3.00 bits per heavy atom. The van der Waals surface area contributed by atoms with Gasteiger partial charge in [0.25, 0.3) is 0 Å². The smallest absolute Gasteiger partial charge is 0.0477 e. The van der Waals surface area contributed by atoms with Gasteiger partial charge in [-0.3, -0.25) is 0 Å². The van der Waals surface area contributed by atoms with Gasteiger partial charge in [0.05, 0.1) is 0 Å². The highest BCUT2D eigenvalue weighted by Gasteiger charge is 1.99. The fourth-order valence-electron chi connectivity index (χ4n) is 0.381. The fraction of sp³-hybridized carbons (Fsp3) is 1.00. The second-order valence-electron chi connectivity index (χ2n) is 1.88. The molecule has 1 atom stereocenters. The normalized spacial score (nSPS) is 24.4. The van der Waals surface area contributed by atoms with Gasteiger partial charge in [-0.05, 0) is 28.0 Å². The third-order valence-corrected chi connectivity index (χ3v) is 1.03. The van der Waals surface area contributed by atoms with E-state index >= 15 is 0 Å². The van der Waals surface area contributed by atoms with Gasteiger partial charge in [0.15, 0.2) is 0 Å². The first kappa shape index (κ1) is 3.85. The number of likely N-dealkylation sites (N-methyl/N-ethyl adjacent to an activating group) is 2. The van der Waals surface area contributed by atoms with Crippen LogP contribution in [0.3, 0.4) is 0 Å². The van der Waals surface area contributed by atoms with Gasteiger partial charge in [0, 0.05) is 16.7 Å². The molecule has 0 aliphatic heterocycles. The van der Waals surface area contributed by atoms with Crippen LogP contribution >= 0.6 is 0 Å². The molecule has 0 bridgehead atoms. The molecule has 1 N–H and O–H groups in total. The molecule has 0 amide bonds. The predicted octanol–water partition coefficient (Wildman–Crippen LogP) is 0.156. The molecule has 0 spiro atoms. The van der Waals surface area contributed by atoms with E-state index in [4.69, 9.17) is 4.11 Å². The average molecular weight is 122 g/mol. The van der Waals surface area contributed by atoms with Crippen molar-refractivity contribution >= 4 is 0 Å². The number of nitrogens with one attached hydrogen (secondary N) is 1. The maximum atomic E-state index is 7.69. The molecule has 0 aliphatic rings. The molecule has 0 saturated carbocycles. The predicted molar refractivity (Wildman–Crippen MR) is 37.1 cm³/mol. The van der Waals surface area contributed by atoms with Crippen LogP contribution in [0.1, 0.15) is 11.0 Å². The van der Waals surface area contributed by atoms with Crippen LogP contribution in [0.5, 0.6) is 0 Å². The van der Waals surface area contributed by atoms with Gasteiger partial charge < -0.3 is 10.2 Å². The van der Waals surface area contributed by atoms with Crippen molar-refractivity contribution in [3.8, 4) is 0 Å². The summed E-state index contributed by atoms with van der Waals surface area (Å²) in [5, 5.41) is 2.85. The van der Waals surface area contributed by atoms with E-state index in [0.29, 0.717) is 6.54 Å². The van der Waals surface area contributed by atoms with Crippen molar-refractivity contribution in [1.29, 1.82) is 0 Å². The van der Waals surface area contributed by atoms with E-state index in [1.165, 1.54) is 4.90 Å². The minimum absolute atomic E-state index is 0.456. The highest BCUT2D eigenvalue weighted by molar-refractivity contribution is 4.59. The van der Waals surface area contributed by atoms with Crippen molar-refractivity contribution in [2.45, 2.75) is 12.9 Å². The topological polar surface area (TPSA) is 15.3 Å². The lowest BCUT2D eigenvalue weighted by molar-refractivity contribution is 0.308. The molecule has 0 heterocycles. The van der Waals surface area contributed by atoms with Crippen LogP contribution in [0.25, 0.3) is 0 Å². The quantitative estimate of drug-likeness (QED) is 0.573. The SMILES string of the molecule is [3H]C([3H])N(C)C([3H])(C)CNC. The van der Waals surface area contributed by atoms with Crippen molar-refractivity contribution < 1.29 is 4.11 Å². The summed E-state index contributed by atoms with van der Waals surface area (Å²) in [6.07, 6.45) is 0. The summed E-state index contributed by atoms with van der Waals surface area (Å²) in [6, 6.07) is -0.872. The van der Waals surface area contributed by atoms with Gasteiger partial charge in [0.1, 0.15) is 0 Å². The Hall–Kier alpha value is -0.0800. The lowest BCUT2D eigenvalue weighted by Crippen LogP contribution is -2.33. The van der Waals surface area contributed by atoms with E-state index in [-0.39, 0.29) is 0 Å². The molecule has 0 radical (unpaired) electrons. The Balaban J connectivity index is 4.05. The molecule has 0 aliphatic carbocycles. The summed E-state index contributed by atoms with van der Waals surface area (Å²) >= 11 is 0. The monoisotopic (exact) mass is 122 g/mol. The molecule has 0 aromatic carbocycles. The molecule has 50 valence electrons. The second kappa shape index (κ2) is 3.87. The summed E-state index contributed by atoms with van der Waals surface area (Å²) in [7, 11) is 3.36. The summed E-state index contributed by atoms with van der Waals surface area (Å²) in [5.41, 5.74) is 0. The molecule has 2 heteroatoms. The molecule has 0 rings (SSSR count). The minimum atomic E-state index is -1.08. The summed E-state index contributed by atoms with van der Waals surface area (Å²) in [6.45, 7) is 1.06. The first-order valence-corrected chi connectivity index (χ1v) is 2.64. The molecule has 0 aromatic heterocycles. The zero-order valence-corrected chi connectivity index (χ0v) is 5.73. The van der Waals surface area contributed by atoms with Crippen LogP contribution in [0, 0.1) is 0 Å². The lowest BCUT2D eigenvalue weighted by atomic mass is 10.3. The van der Waals surface area contributed by atoms with Gasteiger partial charge in [-0.1, -0.05) is 0 Å². The molecular weight excluding hydrogens is 100 g/mol. The largest absolute Gasteiger partial charge is 0.318 e. The van der Waals surface area contributed by atoms with Crippen LogP contribution in [0.15, 0.2) is 0 Å². The summed E-state index contributed by atoms with van der Waals surface area (Å²) in [4.78, 5) is 1.38. The Labute approximate surface area is 56.1 Å². The first-order chi connectivity index (χ1) is 4.91. The number of hydrogen-bond donors (Lipinski definition) is 1. The molecule has 8 heavy (non-hydrogen) atoms. The van der Waals surface area contributed by atoms with Crippen molar-refractivity contribution in [2.75, 3.05) is 27.6 Å². The van der Waals surface area contributed by atoms with Gasteiger partial charge in [-0.2, -0.15) is 0 Å². The zero-order valence-electron chi connectivity index (χ0n) is 8.73. The standard InChI is InChI=1S/C6H16N2/c1-6(5-7-2)8(3)4/h6-7H,5H2,1-4H3/i3T2,6T. The molecule has 0 aromatic rings. The minimum Gasteiger partial charge on any atom is -0.318 e. The Kier molecular flexibility index (Phi) is 1.86. The van der Waals surface area contributed by atoms with E-state index < -0.39 is 13.0 Å². The molecule has 2 nitrogen and oxygen atoms in total. The van der Waals surface area contributed by atoms with Crippen LogP contribution in [0.4, 0.5) is 0 Å². The Morgan fingerprint density at radius 2 is 2.62 bits per heavy atom.